The molecule has 1 saturated carbocycles. The SMILES string of the molecule is N#Cc1cc(Br)ccc1NCC(O)COC1CCCCC1. The summed E-state index contributed by atoms with van der Waals surface area (Å²) in [4.78, 5) is 0. The van der Waals surface area contributed by atoms with Crippen molar-refractivity contribution in [3.63, 3.8) is 0 Å². The van der Waals surface area contributed by atoms with Crippen LogP contribution >= 0.6 is 15.9 Å². The average molecular weight is 353 g/mol. The zero-order chi connectivity index (χ0) is 15.1. The van der Waals surface area contributed by atoms with Crippen LogP contribution < -0.4 is 5.32 Å². The molecule has 1 unspecified atom stereocenters. The summed E-state index contributed by atoms with van der Waals surface area (Å²) in [5.41, 5.74) is 1.29. The summed E-state index contributed by atoms with van der Waals surface area (Å²) < 4.78 is 6.61. The zero-order valence-corrected chi connectivity index (χ0v) is 13.6. The van der Waals surface area contributed by atoms with Crippen molar-refractivity contribution < 1.29 is 9.84 Å². The zero-order valence-electron chi connectivity index (χ0n) is 12.0. The molecular formula is C16H21BrN2O2. The van der Waals surface area contributed by atoms with Gasteiger partial charge in [0.05, 0.1) is 30.1 Å². The van der Waals surface area contributed by atoms with Gasteiger partial charge in [-0.15, -0.1) is 0 Å². The Morgan fingerprint density at radius 3 is 2.86 bits per heavy atom. The number of aliphatic hydroxyl groups is 1. The van der Waals surface area contributed by atoms with Crippen molar-refractivity contribution in [2.75, 3.05) is 18.5 Å². The van der Waals surface area contributed by atoms with Gasteiger partial charge in [-0.3, -0.25) is 0 Å². The predicted molar refractivity (Wildman–Crippen MR) is 86.2 cm³/mol. The molecule has 0 aliphatic heterocycles. The number of hydrogen-bond acceptors (Lipinski definition) is 4. The minimum Gasteiger partial charge on any atom is -0.389 e. The summed E-state index contributed by atoms with van der Waals surface area (Å²) >= 11 is 3.34. The first-order chi connectivity index (χ1) is 10.2. The summed E-state index contributed by atoms with van der Waals surface area (Å²) in [6.07, 6.45) is 5.69. The van der Waals surface area contributed by atoms with Gasteiger partial charge in [0.2, 0.25) is 0 Å². The minimum atomic E-state index is -0.567. The topological polar surface area (TPSA) is 65.3 Å². The molecule has 4 nitrogen and oxygen atoms in total. The Kier molecular flexibility index (Phi) is 6.50. The van der Waals surface area contributed by atoms with E-state index in [1.54, 1.807) is 6.07 Å². The summed E-state index contributed by atoms with van der Waals surface area (Å²) in [6, 6.07) is 7.60. The van der Waals surface area contributed by atoms with Crippen LogP contribution in [-0.2, 0) is 4.74 Å². The average Bonchev–Trinajstić information content (AvgIpc) is 2.52. The van der Waals surface area contributed by atoms with Gasteiger partial charge in [0, 0.05) is 11.0 Å². The maximum atomic E-state index is 9.98. The Morgan fingerprint density at radius 1 is 1.38 bits per heavy atom. The summed E-state index contributed by atoms with van der Waals surface area (Å²) in [5.74, 6) is 0. The third kappa shape index (κ3) is 5.31. The second-order valence-corrected chi connectivity index (χ2v) is 6.35. The standard InChI is InChI=1S/C16H21BrN2O2/c17-13-6-7-16(12(8-13)9-18)19-10-14(20)11-21-15-4-2-1-3-5-15/h6-8,14-15,19-20H,1-5,10-11H2. The summed E-state index contributed by atoms with van der Waals surface area (Å²) in [6.45, 7) is 0.721. The van der Waals surface area contributed by atoms with Gasteiger partial charge in [-0.25, -0.2) is 0 Å². The summed E-state index contributed by atoms with van der Waals surface area (Å²) in [5, 5.41) is 22.2. The molecule has 1 aromatic carbocycles. The molecule has 5 heteroatoms. The molecule has 0 spiro atoms. The molecule has 2 rings (SSSR count). The molecule has 114 valence electrons. The van der Waals surface area contributed by atoms with Crippen molar-refractivity contribution in [2.24, 2.45) is 0 Å². The second kappa shape index (κ2) is 8.38. The van der Waals surface area contributed by atoms with Crippen molar-refractivity contribution in [1.82, 2.24) is 0 Å². The quantitative estimate of drug-likeness (QED) is 0.822. The Hall–Kier alpha value is -1.09. The molecule has 1 fully saturated rings. The number of nitrogens with one attached hydrogen (secondary N) is 1. The number of ether oxygens (including phenoxy) is 1. The highest BCUT2D eigenvalue weighted by molar-refractivity contribution is 9.10. The lowest BCUT2D eigenvalue weighted by molar-refractivity contribution is -0.0195. The molecule has 0 radical (unpaired) electrons. The van der Waals surface area contributed by atoms with Gasteiger partial charge in [0.1, 0.15) is 6.07 Å². The Labute approximate surface area is 134 Å². The van der Waals surface area contributed by atoms with Crippen LogP contribution in [0.2, 0.25) is 0 Å². The fourth-order valence-electron chi connectivity index (χ4n) is 2.53. The highest BCUT2D eigenvalue weighted by Gasteiger charge is 2.15. The lowest BCUT2D eigenvalue weighted by Gasteiger charge is -2.23. The van der Waals surface area contributed by atoms with E-state index >= 15 is 0 Å². The van der Waals surface area contributed by atoms with Crippen LogP contribution in [0.15, 0.2) is 22.7 Å². The number of benzene rings is 1. The van der Waals surface area contributed by atoms with E-state index in [9.17, 15) is 5.11 Å². The minimum absolute atomic E-state index is 0.302. The molecule has 1 aliphatic carbocycles. The molecule has 0 saturated heterocycles. The largest absolute Gasteiger partial charge is 0.389 e. The van der Waals surface area contributed by atoms with Crippen LogP contribution in [0.1, 0.15) is 37.7 Å². The van der Waals surface area contributed by atoms with Crippen LogP contribution in [0.25, 0.3) is 0 Å². The summed E-state index contributed by atoms with van der Waals surface area (Å²) in [7, 11) is 0. The molecule has 0 bridgehead atoms. The first-order valence-electron chi connectivity index (χ1n) is 7.42. The molecule has 1 atom stereocenters. The fraction of sp³-hybridized carbons (Fsp3) is 0.562. The third-order valence-corrected chi connectivity index (χ3v) is 4.20. The number of aliphatic hydroxyl groups excluding tert-OH is 1. The monoisotopic (exact) mass is 352 g/mol. The van der Waals surface area contributed by atoms with Crippen LogP contribution in [0, 0.1) is 11.3 Å². The van der Waals surface area contributed by atoms with Crippen LogP contribution in [-0.4, -0.2) is 30.5 Å². The van der Waals surface area contributed by atoms with Crippen molar-refractivity contribution in [1.29, 1.82) is 5.26 Å². The number of nitriles is 1. The van der Waals surface area contributed by atoms with E-state index in [0.29, 0.717) is 24.8 Å². The second-order valence-electron chi connectivity index (χ2n) is 5.43. The lowest BCUT2D eigenvalue weighted by Crippen LogP contribution is -2.28. The number of rotatable bonds is 6. The fourth-order valence-corrected chi connectivity index (χ4v) is 2.89. The van der Waals surface area contributed by atoms with E-state index in [1.807, 2.05) is 12.1 Å². The molecule has 21 heavy (non-hydrogen) atoms. The molecule has 1 aromatic rings. The first-order valence-corrected chi connectivity index (χ1v) is 8.21. The Morgan fingerprint density at radius 2 is 2.14 bits per heavy atom. The van der Waals surface area contributed by atoms with Crippen LogP contribution in [0.4, 0.5) is 5.69 Å². The number of anilines is 1. The van der Waals surface area contributed by atoms with Crippen LogP contribution in [0.3, 0.4) is 0 Å². The first kappa shape index (κ1) is 16.3. The van der Waals surface area contributed by atoms with Crippen molar-refractivity contribution in [3.05, 3.63) is 28.2 Å². The van der Waals surface area contributed by atoms with E-state index in [2.05, 4.69) is 27.3 Å². The van der Waals surface area contributed by atoms with E-state index in [4.69, 9.17) is 10.00 Å². The normalized spacial score (nSPS) is 17.2. The smallest absolute Gasteiger partial charge is 0.101 e. The number of halogens is 1. The maximum absolute atomic E-state index is 9.98. The molecule has 2 N–H and O–H groups in total. The highest BCUT2D eigenvalue weighted by Crippen LogP contribution is 2.21. The molecule has 1 aliphatic rings. The van der Waals surface area contributed by atoms with Gasteiger partial charge in [-0.05, 0) is 31.0 Å². The van der Waals surface area contributed by atoms with Crippen molar-refractivity contribution in [3.8, 4) is 6.07 Å². The van der Waals surface area contributed by atoms with E-state index in [1.165, 1.54) is 19.3 Å². The van der Waals surface area contributed by atoms with E-state index in [0.717, 1.165) is 23.0 Å². The molecule has 0 amide bonds. The number of nitrogens with zero attached hydrogens (tertiary/aromatic N) is 1. The predicted octanol–water partition coefficient (Wildman–Crippen LogP) is 3.44. The van der Waals surface area contributed by atoms with Crippen LogP contribution in [0.5, 0.6) is 0 Å². The van der Waals surface area contributed by atoms with Gasteiger partial charge in [0.15, 0.2) is 0 Å². The van der Waals surface area contributed by atoms with Gasteiger partial charge in [0.25, 0.3) is 0 Å². The Balaban J connectivity index is 1.76. The third-order valence-electron chi connectivity index (χ3n) is 3.71. The number of hydrogen-bond donors (Lipinski definition) is 2. The van der Waals surface area contributed by atoms with E-state index in [-0.39, 0.29) is 0 Å². The van der Waals surface area contributed by atoms with Gasteiger partial charge in [-0.1, -0.05) is 35.2 Å². The van der Waals surface area contributed by atoms with Gasteiger partial charge < -0.3 is 15.2 Å². The molecule has 0 aromatic heterocycles. The van der Waals surface area contributed by atoms with Crippen molar-refractivity contribution >= 4 is 21.6 Å². The highest BCUT2D eigenvalue weighted by atomic mass is 79.9. The molecule has 0 heterocycles. The van der Waals surface area contributed by atoms with Crippen molar-refractivity contribution in [2.45, 2.75) is 44.3 Å². The van der Waals surface area contributed by atoms with E-state index < -0.39 is 6.10 Å². The van der Waals surface area contributed by atoms with Gasteiger partial charge >= 0.3 is 0 Å². The molecular weight excluding hydrogens is 332 g/mol. The Bertz CT molecular complexity index is 496. The van der Waals surface area contributed by atoms with Gasteiger partial charge in [-0.2, -0.15) is 5.26 Å². The maximum Gasteiger partial charge on any atom is 0.101 e. The lowest BCUT2D eigenvalue weighted by atomic mass is 9.98.